The number of nitrogens with one attached hydrogen (secondary N) is 1. The van der Waals surface area contributed by atoms with E-state index >= 15 is 0 Å². The van der Waals surface area contributed by atoms with E-state index in [1.807, 2.05) is 6.92 Å². The lowest BCUT2D eigenvalue weighted by Gasteiger charge is -2.17. The lowest BCUT2D eigenvalue weighted by Crippen LogP contribution is -2.18. The van der Waals surface area contributed by atoms with Crippen molar-refractivity contribution in [2.75, 3.05) is 12.4 Å². The molecule has 0 aliphatic heterocycles. The van der Waals surface area contributed by atoms with Gasteiger partial charge in [-0.3, -0.25) is 0 Å². The van der Waals surface area contributed by atoms with Gasteiger partial charge in [-0.05, 0) is 18.6 Å². The Hall–Kier alpha value is -2.20. The third-order valence-corrected chi connectivity index (χ3v) is 2.52. The van der Waals surface area contributed by atoms with Crippen molar-refractivity contribution >= 4 is 5.69 Å². The minimum Gasteiger partial charge on any atom is -0.495 e. The summed E-state index contributed by atoms with van der Waals surface area (Å²) in [5.41, 5.74) is 1.37. The number of benzene rings is 1. The molecule has 0 amide bonds. The molecule has 88 valence electrons. The number of rotatable bonds is 5. The van der Waals surface area contributed by atoms with E-state index in [0.29, 0.717) is 17.7 Å². The third-order valence-electron chi connectivity index (χ3n) is 2.52. The van der Waals surface area contributed by atoms with Crippen LogP contribution in [-0.2, 0) is 0 Å². The molecule has 0 bridgehead atoms. The minimum atomic E-state index is 0.0989. The molecule has 4 nitrogen and oxygen atoms in total. The summed E-state index contributed by atoms with van der Waals surface area (Å²) in [7, 11) is 1.56. The highest BCUT2D eigenvalue weighted by atomic mass is 16.5. The lowest BCUT2D eigenvalue weighted by atomic mass is 10.1. The van der Waals surface area contributed by atoms with Crippen molar-refractivity contribution < 1.29 is 4.74 Å². The van der Waals surface area contributed by atoms with Gasteiger partial charge in [0.05, 0.1) is 36.9 Å². The minimum absolute atomic E-state index is 0.0989. The van der Waals surface area contributed by atoms with Crippen molar-refractivity contribution in [2.24, 2.45) is 0 Å². The molecule has 1 rings (SSSR count). The maximum Gasteiger partial charge on any atom is 0.143 e. The summed E-state index contributed by atoms with van der Waals surface area (Å²) in [6.45, 7) is 2.02. The first-order chi connectivity index (χ1) is 8.24. The molecule has 0 saturated heterocycles. The van der Waals surface area contributed by atoms with Gasteiger partial charge in [-0.25, -0.2) is 0 Å². The zero-order chi connectivity index (χ0) is 12.7. The van der Waals surface area contributed by atoms with Crippen LogP contribution >= 0.6 is 0 Å². The molecule has 0 aliphatic rings. The maximum atomic E-state index is 8.79. The fourth-order valence-electron chi connectivity index (χ4n) is 1.51. The highest BCUT2D eigenvalue weighted by Crippen LogP contribution is 2.26. The van der Waals surface area contributed by atoms with Gasteiger partial charge in [0.15, 0.2) is 0 Å². The molecule has 0 heterocycles. The van der Waals surface area contributed by atoms with Gasteiger partial charge in [0.25, 0.3) is 0 Å². The average molecular weight is 229 g/mol. The Labute approximate surface area is 101 Å². The van der Waals surface area contributed by atoms with E-state index < -0.39 is 0 Å². The second-order valence-corrected chi connectivity index (χ2v) is 3.64. The van der Waals surface area contributed by atoms with Crippen molar-refractivity contribution in [1.82, 2.24) is 0 Å². The van der Waals surface area contributed by atoms with E-state index in [-0.39, 0.29) is 6.04 Å². The summed E-state index contributed by atoms with van der Waals surface area (Å²) >= 11 is 0. The first-order valence-corrected chi connectivity index (χ1v) is 5.46. The van der Waals surface area contributed by atoms with Crippen LogP contribution < -0.4 is 10.1 Å². The molecule has 0 spiro atoms. The van der Waals surface area contributed by atoms with Gasteiger partial charge in [0.2, 0.25) is 0 Å². The Morgan fingerprint density at radius 2 is 2.18 bits per heavy atom. The van der Waals surface area contributed by atoms with Crippen LogP contribution in [0.4, 0.5) is 5.69 Å². The monoisotopic (exact) mass is 229 g/mol. The molecule has 1 atom stereocenters. The predicted octanol–water partition coefficient (Wildman–Crippen LogP) is 2.67. The van der Waals surface area contributed by atoms with Gasteiger partial charge in [-0.15, -0.1) is 0 Å². The largest absolute Gasteiger partial charge is 0.495 e. The quantitative estimate of drug-likeness (QED) is 0.842. The highest BCUT2D eigenvalue weighted by molar-refractivity contribution is 5.60. The van der Waals surface area contributed by atoms with Crippen molar-refractivity contribution in [2.45, 2.75) is 25.8 Å². The van der Waals surface area contributed by atoms with Crippen LogP contribution in [0.15, 0.2) is 18.2 Å². The van der Waals surface area contributed by atoms with Gasteiger partial charge in [0.1, 0.15) is 5.75 Å². The Morgan fingerprint density at radius 3 is 2.71 bits per heavy atom. The zero-order valence-corrected chi connectivity index (χ0v) is 10.0. The fourth-order valence-corrected chi connectivity index (χ4v) is 1.51. The van der Waals surface area contributed by atoms with Crippen LogP contribution in [0.1, 0.15) is 25.3 Å². The molecule has 1 N–H and O–H groups in total. The van der Waals surface area contributed by atoms with Crippen LogP contribution in [0.3, 0.4) is 0 Å². The third kappa shape index (κ3) is 3.39. The van der Waals surface area contributed by atoms with E-state index in [1.165, 1.54) is 0 Å². The smallest absolute Gasteiger partial charge is 0.143 e. The lowest BCUT2D eigenvalue weighted by molar-refractivity contribution is 0.415. The van der Waals surface area contributed by atoms with Crippen molar-refractivity contribution in [1.29, 1.82) is 10.5 Å². The molecule has 1 aromatic carbocycles. The molecule has 17 heavy (non-hydrogen) atoms. The number of anilines is 1. The van der Waals surface area contributed by atoms with Gasteiger partial charge < -0.3 is 10.1 Å². The number of methoxy groups -OCH3 is 1. The van der Waals surface area contributed by atoms with Crippen LogP contribution in [0, 0.1) is 22.7 Å². The summed E-state index contributed by atoms with van der Waals surface area (Å²) in [5, 5.41) is 20.7. The van der Waals surface area contributed by atoms with Crippen molar-refractivity contribution in [3.8, 4) is 17.9 Å². The number of hydrogen-bond donors (Lipinski definition) is 1. The highest BCUT2D eigenvalue weighted by Gasteiger charge is 2.09. The topological polar surface area (TPSA) is 68.8 Å². The molecule has 0 aromatic heterocycles. The molecule has 1 unspecified atom stereocenters. The molecule has 1 aromatic rings. The SMILES string of the molecule is CCC(CC#N)Nc1ccc(C#N)cc1OC. The molecule has 4 heteroatoms. The Morgan fingerprint density at radius 1 is 1.41 bits per heavy atom. The van der Waals surface area contributed by atoms with Crippen LogP contribution in [-0.4, -0.2) is 13.2 Å². The second kappa shape index (κ2) is 6.40. The summed E-state index contributed by atoms with van der Waals surface area (Å²) in [6, 6.07) is 9.51. The number of hydrogen-bond acceptors (Lipinski definition) is 4. The van der Waals surface area contributed by atoms with E-state index in [1.54, 1.807) is 25.3 Å². The summed E-state index contributed by atoms with van der Waals surface area (Å²) < 4.78 is 5.21. The number of ether oxygens (including phenoxy) is 1. The van der Waals surface area contributed by atoms with Crippen LogP contribution in [0.2, 0.25) is 0 Å². The van der Waals surface area contributed by atoms with Gasteiger partial charge in [-0.2, -0.15) is 10.5 Å². The van der Waals surface area contributed by atoms with Crippen LogP contribution in [0.25, 0.3) is 0 Å². The van der Waals surface area contributed by atoms with Gasteiger partial charge >= 0.3 is 0 Å². The maximum absolute atomic E-state index is 8.79. The van der Waals surface area contributed by atoms with E-state index in [9.17, 15) is 0 Å². The molecular weight excluding hydrogens is 214 g/mol. The van der Waals surface area contributed by atoms with Gasteiger partial charge in [-0.1, -0.05) is 6.92 Å². The van der Waals surface area contributed by atoms with Crippen LogP contribution in [0.5, 0.6) is 5.75 Å². The standard InChI is InChI=1S/C13H15N3O/c1-3-11(6-7-14)16-12-5-4-10(9-15)8-13(12)17-2/h4-5,8,11,16H,3,6H2,1-2H3. The Bertz CT molecular complexity index is 457. The molecule has 0 radical (unpaired) electrons. The van der Waals surface area contributed by atoms with Crippen molar-refractivity contribution in [3.63, 3.8) is 0 Å². The molecular formula is C13H15N3O. The van der Waals surface area contributed by atoms with E-state index in [2.05, 4.69) is 17.5 Å². The predicted molar refractivity (Wildman–Crippen MR) is 65.6 cm³/mol. The number of nitrogens with zero attached hydrogens (tertiary/aromatic N) is 2. The summed E-state index contributed by atoms with van der Waals surface area (Å²) in [5.74, 6) is 0.625. The Balaban J connectivity index is 2.91. The van der Waals surface area contributed by atoms with Crippen molar-refractivity contribution in [3.05, 3.63) is 23.8 Å². The summed E-state index contributed by atoms with van der Waals surface area (Å²) in [4.78, 5) is 0. The zero-order valence-electron chi connectivity index (χ0n) is 10.0. The van der Waals surface area contributed by atoms with E-state index in [0.717, 1.165) is 12.1 Å². The number of nitriles is 2. The molecule has 0 fully saturated rings. The van der Waals surface area contributed by atoms with Gasteiger partial charge in [0, 0.05) is 12.1 Å². The first kappa shape index (κ1) is 12.9. The Kier molecular flexibility index (Phi) is 4.84. The fraction of sp³-hybridized carbons (Fsp3) is 0.385. The first-order valence-electron chi connectivity index (χ1n) is 5.46. The van der Waals surface area contributed by atoms with E-state index in [4.69, 9.17) is 15.3 Å². The summed E-state index contributed by atoms with van der Waals surface area (Å²) in [6.07, 6.45) is 1.30. The molecule has 0 aliphatic carbocycles. The molecule has 0 saturated carbocycles. The second-order valence-electron chi connectivity index (χ2n) is 3.64. The normalized spacial score (nSPS) is 11.1. The average Bonchev–Trinajstić information content (AvgIpc) is 2.38.